The van der Waals surface area contributed by atoms with Crippen LogP contribution in [-0.4, -0.2) is 34.9 Å². The summed E-state index contributed by atoms with van der Waals surface area (Å²) in [7, 11) is 0. The Kier molecular flexibility index (Phi) is 28.7. The molecule has 0 radical (unpaired) electrons. The quantitative estimate of drug-likeness (QED) is 0.0757. The van der Waals surface area contributed by atoms with Gasteiger partial charge in [0, 0.05) is 6.42 Å². The van der Waals surface area contributed by atoms with Crippen LogP contribution >= 0.6 is 0 Å². The second-order valence-electron chi connectivity index (χ2n) is 10.1. The second-order valence-corrected chi connectivity index (χ2v) is 10.1. The highest BCUT2D eigenvalue weighted by atomic mass is 16.3. The van der Waals surface area contributed by atoms with E-state index >= 15 is 0 Å². The van der Waals surface area contributed by atoms with Crippen LogP contribution in [0.4, 0.5) is 0 Å². The van der Waals surface area contributed by atoms with Gasteiger partial charge < -0.3 is 15.5 Å². The fraction of sp³-hybridized carbons (Fsp3) is 0.629. The van der Waals surface area contributed by atoms with Crippen molar-refractivity contribution in [1.29, 1.82) is 0 Å². The number of hydrogen-bond acceptors (Lipinski definition) is 3. The summed E-state index contributed by atoms with van der Waals surface area (Å²) in [4.78, 5) is 12.2. The first-order valence-electron chi connectivity index (χ1n) is 15.7. The molecule has 0 bridgehead atoms. The molecule has 0 fully saturated rings. The molecule has 0 heterocycles. The van der Waals surface area contributed by atoms with Crippen LogP contribution < -0.4 is 5.32 Å². The molecule has 0 aliphatic carbocycles. The minimum Gasteiger partial charge on any atom is -0.394 e. The second kappa shape index (κ2) is 30.4. The zero-order valence-corrected chi connectivity index (χ0v) is 25.1. The van der Waals surface area contributed by atoms with E-state index in [0.29, 0.717) is 6.42 Å². The lowest BCUT2D eigenvalue weighted by atomic mass is 10.1. The summed E-state index contributed by atoms with van der Waals surface area (Å²) >= 11 is 0. The predicted octanol–water partition coefficient (Wildman–Crippen LogP) is 8.83. The molecular formula is C35H59NO3. The topological polar surface area (TPSA) is 69.6 Å². The van der Waals surface area contributed by atoms with Gasteiger partial charge in [-0.25, -0.2) is 0 Å². The van der Waals surface area contributed by atoms with Gasteiger partial charge in [-0.3, -0.25) is 4.79 Å². The highest BCUT2D eigenvalue weighted by molar-refractivity contribution is 5.76. The van der Waals surface area contributed by atoms with Gasteiger partial charge in [-0.15, -0.1) is 0 Å². The molecule has 222 valence electrons. The van der Waals surface area contributed by atoms with Gasteiger partial charge in [0.25, 0.3) is 0 Å². The van der Waals surface area contributed by atoms with E-state index in [-0.39, 0.29) is 12.5 Å². The molecule has 1 amide bonds. The summed E-state index contributed by atoms with van der Waals surface area (Å²) in [5.41, 5.74) is 0. The van der Waals surface area contributed by atoms with Crippen LogP contribution in [0, 0.1) is 0 Å². The SMILES string of the molecule is CC/C=C\C/C=C\C/C=C\C/C=C\C/C=C\CCCC(=O)NC(CO)C(O)/C=C/CCCCCCCCCC. The normalized spacial score (nSPS) is 14.3. The molecule has 0 rings (SSSR count). The number of aliphatic hydroxyl groups is 2. The molecule has 0 aliphatic heterocycles. The van der Waals surface area contributed by atoms with Crippen molar-refractivity contribution in [3.63, 3.8) is 0 Å². The maximum absolute atomic E-state index is 12.2. The molecule has 3 N–H and O–H groups in total. The molecule has 0 saturated carbocycles. The van der Waals surface area contributed by atoms with E-state index in [0.717, 1.165) is 57.8 Å². The van der Waals surface area contributed by atoms with Gasteiger partial charge in [0.05, 0.1) is 18.8 Å². The van der Waals surface area contributed by atoms with Crippen molar-refractivity contribution in [3.8, 4) is 0 Å². The van der Waals surface area contributed by atoms with E-state index in [1.54, 1.807) is 6.08 Å². The number of carbonyl (C=O) groups excluding carboxylic acids is 1. The number of unbranched alkanes of at least 4 members (excludes halogenated alkanes) is 9. The summed E-state index contributed by atoms with van der Waals surface area (Å²) in [5.74, 6) is -0.128. The predicted molar refractivity (Wildman–Crippen MR) is 170 cm³/mol. The van der Waals surface area contributed by atoms with Crippen molar-refractivity contribution in [3.05, 3.63) is 72.9 Å². The summed E-state index contributed by atoms with van der Waals surface area (Å²) in [5, 5.41) is 22.7. The zero-order valence-electron chi connectivity index (χ0n) is 25.1. The van der Waals surface area contributed by atoms with Crippen molar-refractivity contribution >= 4 is 5.91 Å². The fourth-order valence-corrected chi connectivity index (χ4v) is 4.03. The number of rotatable bonds is 26. The number of amides is 1. The highest BCUT2D eigenvalue weighted by Gasteiger charge is 2.17. The lowest BCUT2D eigenvalue weighted by Gasteiger charge is -2.19. The molecule has 0 spiro atoms. The van der Waals surface area contributed by atoms with Gasteiger partial charge in [0.15, 0.2) is 0 Å². The zero-order chi connectivity index (χ0) is 28.7. The summed E-state index contributed by atoms with van der Waals surface area (Å²) in [6.07, 6.45) is 42.6. The van der Waals surface area contributed by atoms with Crippen LogP contribution in [0.2, 0.25) is 0 Å². The summed E-state index contributed by atoms with van der Waals surface area (Å²) < 4.78 is 0. The molecule has 0 saturated heterocycles. The van der Waals surface area contributed by atoms with Crippen molar-refractivity contribution < 1.29 is 15.0 Å². The number of nitrogens with one attached hydrogen (secondary N) is 1. The van der Waals surface area contributed by atoms with Gasteiger partial charge in [0.2, 0.25) is 5.91 Å². The van der Waals surface area contributed by atoms with Crippen LogP contribution in [0.15, 0.2) is 72.9 Å². The number of hydrogen-bond donors (Lipinski definition) is 3. The standard InChI is InChI=1S/C35H59NO3/c1-3-5-7-9-11-13-15-16-17-18-19-20-21-23-25-27-29-31-35(39)36-33(32-37)34(38)30-28-26-24-22-14-12-10-8-6-4-2/h5,7,11,13,16-17,19-20,23,25,28,30,33-34,37-38H,3-4,6,8-10,12,14-15,18,21-22,24,26-27,29,31-32H2,1-2H3,(H,36,39)/b7-5-,13-11-,17-16-,20-19-,25-23-,30-28+. The number of allylic oxidation sites excluding steroid dienone is 11. The molecule has 0 aromatic carbocycles. The Balaban J connectivity index is 3.85. The summed E-state index contributed by atoms with van der Waals surface area (Å²) in [6, 6.07) is -0.652. The van der Waals surface area contributed by atoms with E-state index in [4.69, 9.17) is 0 Å². The maximum Gasteiger partial charge on any atom is 0.220 e. The third-order valence-electron chi connectivity index (χ3n) is 6.45. The molecule has 39 heavy (non-hydrogen) atoms. The van der Waals surface area contributed by atoms with Gasteiger partial charge in [-0.1, -0.05) is 132 Å². The van der Waals surface area contributed by atoms with Crippen LogP contribution in [0.1, 0.15) is 123 Å². The maximum atomic E-state index is 12.2. The Hall–Kier alpha value is -2.17. The molecule has 4 nitrogen and oxygen atoms in total. The third-order valence-corrected chi connectivity index (χ3v) is 6.45. The smallest absolute Gasteiger partial charge is 0.220 e. The van der Waals surface area contributed by atoms with E-state index in [2.05, 4.69) is 79.9 Å². The Morgan fingerprint density at radius 2 is 1.13 bits per heavy atom. The molecular weight excluding hydrogens is 482 g/mol. The Morgan fingerprint density at radius 1 is 0.641 bits per heavy atom. The average Bonchev–Trinajstić information content (AvgIpc) is 2.94. The minimum absolute atomic E-state index is 0.128. The molecule has 0 aromatic rings. The van der Waals surface area contributed by atoms with Crippen molar-refractivity contribution in [1.82, 2.24) is 5.32 Å². The molecule has 2 atom stereocenters. The third kappa shape index (κ3) is 27.2. The monoisotopic (exact) mass is 541 g/mol. The van der Waals surface area contributed by atoms with E-state index < -0.39 is 12.1 Å². The van der Waals surface area contributed by atoms with Gasteiger partial charge in [-0.2, -0.15) is 0 Å². The molecule has 4 heteroatoms. The Labute approximate surface area is 240 Å². The van der Waals surface area contributed by atoms with Crippen molar-refractivity contribution in [2.75, 3.05) is 6.61 Å². The van der Waals surface area contributed by atoms with Crippen molar-refractivity contribution in [2.24, 2.45) is 0 Å². The molecule has 0 aromatic heterocycles. The largest absolute Gasteiger partial charge is 0.394 e. The van der Waals surface area contributed by atoms with Gasteiger partial charge in [0.1, 0.15) is 0 Å². The first kappa shape index (κ1) is 36.8. The van der Waals surface area contributed by atoms with Crippen molar-refractivity contribution in [2.45, 2.75) is 135 Å². The summed E-state index contributed by atoms with van der Waals surface area (Å²) in [6.45, 7) is 4.11. The highest BCUT2D eigenvalue weighted by Crippen LogP contribution is 2.10. The molecule has 2 unspecified atom stereocenters. The number of aliphatic hydroxyl groups excluding tert-OH is 2. The Morgan fingerprint density at radius 3 is 1.67 bits per heavy atom. The van der Waals surface area contributed by atoms with E-state index in [1.165, 1.54) is 44.9 Å². The lowest BCUT2D eigenvalue weighted by Crippen LogP contribution is -2.45. The average molecular weight is 542 g/mol. The first-order valence-corrected chi connectivity index (χ1v) is 15.7. The van der Waals surface area contributed by atoms with Crippen LogP contribution in [0.5, 0.6) is 0 Å². The van der Waals surface area contributed by atoms with Crippen LogP contribution in [-0.2, 0) is 4.79 Å². The van der Waals surface area contributed by atoms with Crippen LogP contribution in [0.25, 0.3) is 0 Å². The fourth-order valence-electron chi connectivity index (χ4n) is 4.03. The Bertz CT molecular complexity index is 717. The van der Waals surface area contributed by atoms with Gasteiger partial charge >= 0.3 is 0 Å². The van der Waals surface area contributed by atoms with Crippen LogP contribution in [0.3, 0.4) is 0 Å². The van der Waals surface area contributed by atoms with E-state index in [1.807, 2.05) is 6.08 Å². The lowest BCUT2D eigenvalue weighted by molar-refractivity contribution is -0.122. The first-order chi connectivity index (χ1) is 19.2. The number of carbonyl (C=O) groups is 1. The molecule has 0 aliphatic rings. The minimum atomic E-state index is -0.862. The van der Waals surface area contributed by atoms with E-state index in [9.17, 15) is 15.0 Å². The van der Waals surface area contributed by atoms with Gasteiger partial charge in [-0.05, 0) is 57.8 Å².